The minimum Gasteiger partial charge on any atom is -0.342 e. The molecular weight excluding hydrogens is 298 g/mol. The first-order valence-corrected chi connectivity index (χ1v) is 8.97. The van der Waals surface area contributed by atoms with Crippen LogP contribution in [0.25, 0.3) is 11.0 Å². The van der Waals surface area contributed by atoms with Gasteiger partial charge in [-0.2, -0.15) is 0 Å². The van der Waals surface area contributed by atoms with E-state index < -0.39 is 0 Å². The molecule has 1 aromatic carbocycles. The second-order valence-corrected chi connectivity index (χ2v) is 8.31. The number of imidazole rings is 1. The standard InChI is InChI=1S/C20H29N3O/c1-14-10-17-18(11-15(14)2)23(13-21-17)12-16-6-8-22(9-7-16)19(24)20(3,4)5/h10-11,13,16H,6-9,12H2,1-5H3. The number of rotatable bonds is 2. The Kier molecular flexibility index (Phi) is 4.41. The number of aryl methyl sites for hydroxylation is 2. The third kappa shape index (κ3) is 3.33. The predicted octanol–water partition coefficient (Wildman–Crippen LogP) is 3.94. The Morgan fingerprint density at radius 3 is 2.42 bits per heavy atom. The molecular formula is C20H29N3O. The summed E-state index contributed by atoms with van der Waals surface area (Å²) in [6, 6.07) is 4.42. The number of aromatic nitrogens is 2. The molecule has 1 amide bonds. The highest BCUT2D eigenvalue weighted by Crippen LogP contribution is 2.26. The molecule has 24 heavy (non-hydrogen) atoms. The number of amides is 1. The van der Waals surface area contributed by atoms with Crippen LogP contribution in [0.4, 0.5) is 0 Å². The van der Waals surface area contributed by atoms with Crippen LogP contribution in [0.2, 0.25) is 0 Å². The lowest BCUT2D eigenvalue weighted by Gasteiger charge is -2.35. The lowest BCUT2D eigenvalue weighted by molar-refractivity contribution is -0.140. The van der Waals surface area contributed by atoms with Crippen LogP contribution >= 0.6 is 0 Å². The zero-order valence-electron chi connectivity index (χ0n) is 15.6. The van der Waals surface area contributed by atoms with Crippen molar-refractivity contribution in [1.82, 2.24) is 14.5 Å². The normalized spacial score (nSPS) is 16.8. The van der Waals surface area contributed by atoms with Gasteiger partial charge in [0.25, 0.3) is 0 Å². The van der Waals surface area contributed by atoms with Crippen molar-refractivity contribution >= 4 is 16.9 Å². The summed E-state index contributed by atoms with van der Waals surface area (Å²) in [5.41, 5.74) is 4.64. The van der Waals surface area contributed by atoms with Crippen LogP contribution in [0.1, 0.15) is 44.7 Å². The van der Waals surface area contributed by atoms with Crippen molar-refractivity contribution in [3.8, 4) is 0 Å². The molecule has 2 aromatic rings. The summed E-state index contributed by atoms with van der Waals surface area (Å²) in [4.78, 5) is 19.0. The fraction of sp³-hybridized carbons (Fsp3) is 0.600. The molecule has 0 bridgehead atoms. The summed E-state index contributed by atoms with van der Waals surface area (Å²) >= 11 is 0. The van der Waals surface area contributed by atoms with Crippen LogP contribution in [-0.2, 0) is 11.3 Å². The summed E-state index contributed by atoms with van der Waals surface area (Å²) in [7, 11) is 0. The highest BCUT2D eigenvalue weighted by atomic mass is 16.2. The van der Waals surface area contributed by atoms with Gasteiger partial charge in [-0.1, -0.05) is 20.8 Å². The molecule has 0 radical (unpaired) electrons. The SMILES string of the molecule is Cc1cc2ncn(CC3CCN(C(=O)C(C)(C)C)CC3)c2cc1C. The zero-order valence-corrected chi connectivity index (χ0v) is 15.6. The van der Waals surface area contributed by atoms with Gasteiger partial charge >= 0.3 is 0 Å². The molecule has 1 aliphatic rings. The number of benzene rings is 1. The molecule has 0 N–H and O–H groups in total. The van der Waals surface area contributed by atoms with E-state index in [0.717, 1.165) is 38.0 Å². The van der Waals surface area contributed by atoms with E-state index in [1.165, 1.54) is 16.6 Å². The Labute approximate surface area is 144 Å². The van der Waals surface area contributed by atoms with Gasteiger partial charge in [-0.05, 0) is 55.9 Å². The van der Waals surface area contributed by atoms with Crippen LogP contribution < -0.4 is 0 Å². The lowest BCUT2D eigenvalue weighted by atomic mass is 9.91. The van der Waals surface area contributed by atoms with Gasteiger partial charge in [-0.3, -0.25) is 4.79 Å². The molecule has 0 saturated carbocycles. The van der Waals surface area contributed by atoms with Gasteiger partial charge in [-0.15, -0.1) is 0 Å². The number of nitrogens with zero attached hydrogens (tertiary/aromatic N) is 3. The number of piperidine rings is 1. The smallest absolute Gasteiger partial charge is 0.227 e. The van der Waals surface area contributed by atoms with Crippen LogP contribution in [0, 0.1) is 25.2 Å². The first-order valence-electron chi connectivity index (χ1n) is 8.97. The topological polar surface area (TPSA) is 38.1 Å². The molecule has 1 aromatic heterocycles. The van der Waals surface area contributed by atoms with Gasteiger partial charge in [0.15, 0.2) is 0 Å². The van der Waals surface area contributed by atoms with Gasteiger partial charge in [0.1, 0.15) is 0 Å². The summed E-state index contributed by atoms with van der Waals surface area (Å²) in [6.45, 7) is 13.1. The van der Waals surface area contributed by atoms with Crippen molar-refractivity contribution in [3.63, 3.8) is 0 Å². The fourth-order valence-corrected chi connectivity index (χ4v) is 3.53. The van der Waals surface area contributed by atoms with E-state index in [9.17, 15) is 4.79 Å². The van der Waals surface area contributed by atoms with Crippen molar-refractivity contribution in [3.05, 3.63) is 29.6 Å². The van der Waals surface area contributed by atoms with E-state index in [1.807, 2.05) is 32.0 Å². The molecule has 0 aliphatic carbocycles. The van der Waals surface area contributed by atoms with Gasteiger partial charge in [0, 0.05) is 25.0 Å². The maximum atomic E-state index is 12.4. The maximum Gasteiger partial charge on any atom is 0.227 e. The Balaban J connectivity index is 1.67. The third-order valence-electron chi connectivity index (χ3n) is 5.23. The summed E-state index contributed by atoms with van der Waals surface area (Å²) in [6.07, 6.45) is 4.12. The van der Waals surface area contributed by atoms with E-state index in [4.69, 9.17) is 0 Å². The Morgan fingerprint density at radius 1 is 1.17 bits per heavy atom. The first kappa shape index (κ1) is 17.0. The van der Waals surface area contributed by atoms with Crippen molar-refractivity contribution < 1.29 is 4.79 Å². The van der Waals surface area contributed by atoms with E-state index in [0.29, 0.717) is 5.92 Å². The zero-order chi connectivity index (χ0) is 17.5. The van der Waals surface area contributed by atoms with Crippen molar-refractivity contribution in [1.29, 1.82) is 0 Å². The number of carbonyl (C=O) groups is 1. The molecule has 1 saturated heterocycles. The number of carbonyl (C=O) groups excluding carboxylic acids is 1. The Morgan fingerprint density at radius 2 is 1.79 bits per heavy atom. The molecule has 130 valence electrons. The minimum atomic E-state index is -0.275. The van der Waals surface area contributed by atoms with E-state index in [1.54, 1.807) is 0 Å². The first-order chi connectivity index (χ1) is 11.3. The average Bonchev–Trinajstić information content (AvgIpc) is 2.89. The summed E-state index contributed by atoms with van der Waals surface area (Å²) in [5.74, 6) is 0.896. The van der Waals surface area contributed by atoms with Crippen LogP contribution in [0.5, 0.6) is 0 Å². The van der Waals surface area contributed by atoms with Crippen molar-refractivity contribution in [2.24, 2.45) is 11.3 Å². The van der Waals surface area contributed by atoms with Gasteiger partial charge in [-0.25, -0.2) is 4.98 Å². The second-order valence-electron chi connectivity index (χ2n) is 8.31. The number of hydrogen-bond acceptors (Lipinski definition) is 2. The largest absolute Gasteiger partial charge is 0.342 e. The van der Waals surface area contributed by atoms with Crippen molar-refractivity contribution in [2.45, 2.75) is 54.0 Å². The molecule has 0 atom stereocenters. The Hall–Kier alpha value is -1.84. The van der Waals surface area contributed by atoms with Gasteiger partial charge in [0.05, 0.1) is 17.4 Å². The molecule has 2 heterocycles. The Bertz CT molecular complexity index is 746. The van der Waals surface area contributed by atoms with Crippen LogP contribution in [0.15, 0.2) is 18.5 Å². The molecule has 1 aliphatic heterocycles. The molecule has 0 spiro atoms. The van der Waals surface area contributed by atoms with Gasteiger partial charge in [0.2, 0.25) is 5.91 Å². The molecule has 4 nitrogen and oxygen atoms in total. The minimum absolute atomic E-state index is 0.275. The second kappa shape index (κ2) is 6.23. The van der Waals surface area contributed by atoms with Crippen molar-refractivity contribution in [2.75, 3.05) is 13.1 Å². The monoisotopic (exact) mass is 327 g/mol. The highest BCUT2D eigenvalue weighted by Gasteiger charge is 2.30. The molecule has 4 heteroatoms. The maximum absolute atomic E-state index is 12.4. The lowest BCUT2D eigenvalue weighted by Crippen LogP contribution is -2.44. The van der Waals surface area contributed by atoms with Crippen LogP contribution in [-0.4, -0.2) is 33.4 Å². The number of hydrogen-bond donors (Lipinski definition) is 0. The van der Waals surface area contributed by atoms with E-state index in [2.05, 4.69) is 35.5 Å². The average molecular weight is 327 g/mol. The predicted molar refractivity (Wildman–Crippen MR) is 98.0 cm³/mol. The summed E-state index contributed by atoms with van der Waals surface area (Å²) in [5, 5.41) is 0. The molecule has 0 unspecified atom stereocenters. The molecule has 3 rings (SSSR count). The van der Waals surface area contributed by atoms with E-state index in [-0.39, 0.29) is 11.3 Å². The third-order valence-corrected chi connectivity index (χ3v) is 5.23. The van der Waals surface area contributed by atoms with Gasteiger partial charge < -0.3 is 9.47 Å². The van der Waals surface area contributed by atoms with Crippen LogP contribution in [0.3, 0.4) is 0 Å². The fourth-order valence-electron chi connectivity index (χ4n) is 3.53. The number of fused-ring (bicyclic) bond motifs is 1. The molecule has 1 fully saturated rings. The number of likely N-dealkylation sites (tertiary alicyclic amines) is 1. The highest BCUT2D eigenvalue weighted by molar-refractivity contribution is 5.81. The quantitative estimate of drug-likeness (QED) is 0.838. The van der Waals surface area contributed by atoms with E-state index >= 15 is 0 Å². The summed E-state index contributed by atoms with van der Waals surface area (Å²) < 4.78 is 2.29.